The number of hydrogen-bond donors (Lipinski definition) is 0. The molecule has 2 aromatic rings. The van der Waals surface area contributed by atoms with Gasteiger partial charge in [-0.25, -0.2) is 0 Å². The molecule has 2 heterocycles. The minimum absolute atomic E-state index is 0.0769. The summed E-state index contributed by atoms with van der Waals surface area (Å²) < 4.78 is 10.8. The van der Waals surface area contributed by atoms with E-state index in [0.29, 0.717) is 23.6 Å². The Hall–Kier alpha value is -2.69. The van der Waals surface area contributed by atoms with Crippen LogP contribution in [-0.2, 0) is 6.42 Å². The number of benzene rings is 2. The zero-order valence-corrected chi connectivity index (χ0v) is 15.3. The van der Waals surface area contributed by atoms with Gasteiger partial charge in [0.1, 0.15) is 17.1 Å². The van der Waals surface area contributed by atoms with Crippen molar-refractivity contribution >= 4 is 17.3 Å². The van der Waals surface area contributed by atoms with Gasteiger partial charge in [-0.15, -0.1) is 0 Å². The molecule has 0 aromatic heterocycles. The van der Waals surface area contributed by atoms with Crippen molar-refractivity contribution in [1.82, 2.24) is 0 Å². The van der Waals surface area contributed by atoms with Gasteiger partial charge in [-0.3, -0.25) is 4.79 Å². The smallest absolute Gasteiger partial charge is 0.265 e. The first-order chi connectivity index (χ1) is 12.7. The Labute approximate surface area is 154 Å². The summed E-state index contributed by atoms with van der Waals surface area (Å²) in [6.45, 7) is 2.93. The summed E-state index contributed by atoms with van der Waals surface area (Å²) in [6.07, 6.45) is 3.39. The van der Waals surface area contributed by atoms with Crippen molar-refractivity contribution in [3.8, 4) is 11.5 Å². The third kappa shape index (κ3) is 2.77. The van der Waals surface area contributed by atoms with Gasteiger partial charge in [0, 0.05) is 31.0 Å². The Kier molecular flexibility index (Phi) is 4.45. The summed E-state index contributed by atoms with van der Waals surface area (Å²) >= 11 is 0. The van der Waals surface area contributed by atoms with Gasteiger partial charge in [0.2, 0.25) is 0 Å². The second-order valence-electron chi connectivity index (χ2n) is 6.75. The lowest BCUT2D eigenvalue weighted by Crippen LogP contribution is -2.29. The SMILES string of the molecule is COc1cccc(OC)c1C(=O)N1CCc2cc(N3CCCC3)ccc21. The second kappa shape index (κ2) is 6.90. The lowest BCUT2D eigenvalue weighted by molar-refractivity contribution is 0.0983. The van der Waals surface area contributed by atoms with Crippen LogP contribution in [-0.4, -0.2) is 39.8 Å². The molecular weight excluding hydrogens is 328 g/mol. The van der Waals surface area contributed by atoms with E-state index in [4.69, 9.17) is 9.47 Å². The molecule has 0 unspecified atom stereocenters. The van der Waals surface area contributed by atoms with Crippen LogP contribution in [0, 0.1) is 0 Å². The quantitative estimate of drug-likeness (QED) is 0.844. The summed E-state index contributed by atoms with van der Waals surface area (Å²) in [6, 6.07) is 11.9. The highest BCUT2D eigenvalue weighted by Crippen LogP contribution is 2.37. The van der Waals surface area contributed by atoms with E-state index in [1.807, 2.05) is 11.0 Å². The highest BCUT2D eigenvalue weighted by molar-refractivity contribution is 6.10. The van der Waals surface area contributed by atoms with Crippen LogP contribution in [0.2, 0.25) is 0 Å². The van der Waals surface area contributed by atoms with Gasteiger partial charge in [0.15, 0.2) is 0 Å². The Bertz CT molecular complexity index is 806. The van der Waals surface area contributed by atoms with Crippen LogP contribution >= 0.6 is 0 Å². The minimum Gasteiger partial charge on any atom is -0.496 e. The summed E-state index contributed by atoms with van der Waals surface area (Å²) in [4.78, 5) is 17.5. The minimum atomic E-state index is -0.0769. The third-order valence-corrected chi connectivity index (χ3v) is 5.32. The Morgan fingerprint density at radius 3 is 2.31 bits per heavy atom. The summed E-state index contributed by atoms with van der Waals surface area (Å²) in [7, 11) is 3.15. The Morgan fingerprint density at radius 1 is 0.962 bits per heavy atom. The van der Waals surface area contributed by atoms with Crippen LogP contribution in [0.3, 0.4) is 0 Å². The Balaban J connectivity index is 1.66. The van der Waals surface area contributed by atoms with E-state index in [-0.39, 0.29) is 5.91 Å². The molecule has 0 saturated carbocycles. The maximum Gasteiger partial charge on any atom is 0.265 e. The van der Waals surface area contributed by atoms with Gasteiger partial charge in [-0.1, -0.05) is 6.07 Å². The van der Waals surface area contributed by atoms with E-state index < -0.39 is 0 Å². The number of carbonyl (C=O) groups excluding carboxylic acids is 1. The molecule has 0 N–H and O–H groups in total. The average molecular weight is 352 g/mol. The fraction of sp³-hybridized carbons (Fsp3) is 0.381. The molecule has 1 fully saturated rings. The van der Waals surface area contributed by atoms with E-state index in [2.05, 4.69) is 23.1 Å². The number of carbonyl (C=O) groups is 1. The van der Waals surface area contributed by atoms with Gasteiger partial charge >= 0.3 is 0 Å². The van der Waals surface area contributed by atoms with Crippen LogP contribution in [0.15, 0.2) is 36.4 Å². The summed E-state index contributed by atoms with van der Waals surface area (Å²) in [5, 5.41) is 0. The second-order valence-corrected chi connectivity index (χ2v) is 6.75. The molecule has 5 heteroatoms. The number of methoxy groups -OCH3 is 2. The van der Waals surface area contributed by atoms with Crippen LogP contribution in [0.25, 0.3) is 0 Å². The third-order valence-electron chi connectivity index (χ3n) is 5.32. The maximum absolute atomic E-state index is 13.3. The fourth-order valence-corrected chi connectivity index (χ4v) is 3.97. The molecule has 136 valence electrons. The molecule has 26 heavy (non-hydrogen) atoms. The zero-order valence-electron chi connectivity index (χ0n) is 15.3. The Morgan fingerprint density at radius 2 is 1.65 bits per heavy atom. The molecule has 0 radical (unpaired) electrons. The molecular formula is C21H24N2O3. The number of anilines is 2. The van der Waals surface area contributed by atoms with Crippen LogP contribution in [0.1, 0.15) is 28.8 Å². The average Bonchev–Trinajstić information content (AvgIpc) is 3.35. The van der Waals surface area contributed by atoms with Crippen LogP contribution in [0.5, 0.6) is 11.5 Å². The van der Waals surface area contributed by atoms with Crippen molar-refractivity contribution in [3.05, 3.63) is 47.5 Å². The van der Waals surface area contributed by atoms with Crippen molar-refractivity contribution in [3.63, 3.8) is 0 Å². The predicted molar refractivity (Wildman–Crippen MR) is 103 cm³/mol. The largest absolute Gasteiger partial charge is 0.496 e. The van der Waals surface area contributed by atoms with Gasteiger partial charge < -0.3 is 19.3 Å². The number of hydrogen-bond acceptors (Lipinski definition) is 4. The van der Waals surface area contributed by atoms with E-state index >= 15 is 0 Å². The molecule has 0 spiro atoms. The molecule has 1 saturated heterocycles. The van der Waals surface area contributed by atoms with Crippen LogP contribution in [0.4, 0.5) is 11.4 Å². The lowest BCUT2D eigenvalue weighted by Gasteiger charge is -2.22. The first-order valence-corrected chi connectivity index (χ1v) is 9.13. The van der Waals surface area contributed by atoms with Gasteiger partial charge in [0.05, 0.1) is 14.2 Å². The lowest BCUT2D eigenvalue weighted by atomic mass is 10.1. The number of ether oxygens (including phenoxy) is 2. The fourth-order valence-electron chi connectivity index (χ4n) is 3.97. The highest BCUT2D eigenvalue weighted by atomic mass is 16.5. The molecule has 2 aromatic carbocycles. The summed E-state index contributed by atoms with van der Waals surface area (Å²) in [5.41, 5.74) is 3.97. The van der Waals surface area contributed by atoms with Crippen molar-refractivity contribution in [2.75, 3.05) is 43.7 Å². The molecule has 0 aliphatic carbocycles. The van der Waals surface area contributed by atoms with E-state index in [1.54, 1.807) is 26.4 Å². The number of rotatable bonds is 4. The molecule has 2 aliphatic heterocycles. The standard InChI is InChI=1S/C21H24N2O3/c1-25-18-6-5-7-19(26-2)20(18)21(24)23-13-10-15-14-16(8-9-17(15)23)22-11-3-4-12-22/h5-9,14H,3-4,10-13H2,1-2H3. The van der Waals surface area contributed by atoms with Crippen molar-refractivity contribution in [2.24, 2.45) is 0 Å². The normalized spacial score (nSPS) is 15.9. The van der Waals surface area contributed by atoms with Gasteiger partial charge in [-0.2, -0.15) is 0 Å². The van der Waals surface area contributed by atoms with E-state index in [9.17, 15) is 4.79 Å². The van der Waals surface area contributed by atoms with Gasteiger partial charge in [0.25, 0.3) is 5.91 Å². The highest BCUT2D eigenvalue weighted by Gasteiger charge is 2.30. The molecule has 2 aliphatic rings. The first kappa shape index (κ1) is 16.8. The number of fused-ring (bicyclic) bond motifs is 1. The first-order valence-electron chi connectivity index (χ1n) is 9.13. The van der Waals surface area contributed by atoms with E-state index in [0.717, 1.165) is 25.2 Å². The maximum atomic E-state index is 13.3. The molecule has 5 nitrogen and oxygen atoms in total. The predicted octanol–water partition coefficient (Wildman–Crippen LogP) is 3.51. The monoisotopic (exact) mass is 352 g/mol. The number of amides is 1. The van der Waals surface area contributed by atoms with Crippen molar-refractivity contribution in [1.29, 1.82) is 0 Å². The summed E-state index contributed by atoms with van der Waals surface area (Å²) in [5.74, 6) is 1.000. The molecule has 0 atom stereocenters. The van der Waals surface area contributed by atoms with E-state index in [1.165, 1.54) is 24.1 Å². The molecule has 4 rings (SSSR count). The van der Waals surface area contributed by atoms with Gasteiger partial charge in [-0.05, 0) is 55.2 Å². The number of nitrogens with zero attached hydrogens (tertiary/aromatic N) is 2. The molecule has 0 bridgehead atoms. The zero-order chi connectivity index (χ0) is 18.1. The van der Waals surface area contributed by atoms with Crippen LogP contribution < -0.4 is 19.3 Å². The molecule has 1 amide bonds. The topological polar surface area (TPSA) is 42.0 Å². The van der Waals surface area contributed by atoms with Crippen molar-refractivity contribution in [2.45, 2.75) is 19.3 Å². The van der Waals surface area contributed by atoms with Crippen molar-refractivity contribution < 1.29 is 14.3 Å².